The summed E-state index contributed by atoms with van der Waals surface area (Å²) < 4.78 is 0. The van der Waals surface area contributed by atoms with Crippen LogP contribution >= 0.6 is 0 Å². The Kier molecular flexibility index (Phi) is 37.7. The lowest BCUT2D eigenvalue weighted by Crippen LogP contribution is -2.49. The van der Waals surface area contributed by atoms with E-state index in [1.54, 1.807) is 0 Å². The third kappa shape index (κ3) is 34.4. The highest BCUT2D eigenvalue weighted by Gasteiger charge is 2.37. The number of aromatic hydroxyl groups is 1. The van der Waals surface area contributed by atoms with Gasteiger partial charge in [0.05, 0.1) is 30.6 Å². The number of amides is 7. The molecular weight excluding hydrogens is 1180 g/mol. The highest BCUT2D eigenvalue weighted by atomic mass is 16.4. The van der Waals surface area contributed by atoms with Crippen molar-refractivity contribution >= 4 is 88.2 Å². The van der Waals surface area contributed by atoms with Crippen LogP contribution in [0.4, 0.5) is 0 Å². The Hall–Kier alpha value is -8.37. The minimum absolute atomic E-state index is 0.0138. The van der Waals surface area contributed by atoms with Crippen LogP contribution < -0.4 is 67.1 Å². The van der Waals surface area contributed by atoms with E-state index in [4.69, 9.17) is 45.9 Å². The van der Waals surface area contributed by atoms with Crippen LogP contribution in [0.1, 0.15) is 169 Å². The predicted octanol–water partition coefficient (Wildman–Crippen LogP) is 0.226. The Morgan fingerprint density at radius 2 is 0.857 bits per heavy atom. The third-order valence-corrected chi connectivity index (χ3v) is 15.3. The van der Waals surface area contributed by atoms with Gasteiger partial charge in [0.1, 0.15) is 11.5 Å². The molecular formula is C62H102N14O15. The number of carboxylic acids is 1. The monoisotopic (exact) mass is 1280 g/mol. The van der Waals surface area contributed by atoms with Gasteiger partial charge < -0.3 is 77.3 Å². The van der Waals surface area contributed by atoms with E-state index in [2.05, 4.69) is 31.3 Å². The lowest BCUT2D eigenvalue weighted by molar-refractivity contribution is -0.141. The molecule has 0 saturated heterocycles. The number of nitrogens with zero attached hydrogens (tertiary/aromatic N) is 2. The zero-order valence-corrected chi connectivity index (χ0v) is 53.7. The number of rotatable bonds is 50. The van der Waals surface area contributed by atoms with E-state index >= 15 is 0 Å². The number of unbranched alkanes of at least 4 members (excludes halogenated alkanes) is 1. The molecule has 0 aliphatic rings. The highest BCUT2D eigenvalue weighted by molar-refractivity contribution is 5.99. The predicted molar refractivity (Wildman–Crippen MR) is 340 cm³/mol. The van der Waals surface area contributed by atoms with Gasteiger partial charge in [-0.3, -0.25) is 72.3 Å². The van der Waals surface area contributed by atoms with Gasteiger partial charge in [-0.2, -0.15) is 0 Å². The summed E-state index contributed by atoms with van der Waals surface area (Å²) in [6.07, 6.45) is -2.99. The lowest BCUT2D eigenvalue weighted by atomic mass is 9.87. The summed E-state index contributed by atoms with van der Waals surface area (Å²) in [7, 11) is 0. The second-order valence-corrected chi connectivity index (χ2v) is 24.5. The topological polar surface area (TPSA) is 543 Å². The van der Waals surface area contributed by atoms with Crippen LogP contribution in [0.3, 0.4) is 0 Å². The molecule has 0 unspecified atom stereocenters. The van der Waals surface area contributed by atoms with Crippen LogP contribution in [0, 0.1) is 47.3 Å². The summed E-state index contributed by atoms with van der Waals surface area (Å²) in [5.41, 5.74) is 45.1. The molecule has 0 saturated carbocycles. The van der Waals surface area contributed by atoms with Gasteiger partial charge in [-0.1, -0.05) is 60.1 Å². The van der Waals surface area contributed by atoms with E-state index in [9.17, 15) is 72.5 Å². The number of aliphatic imine (C=N–C) groups is 2. The van der Waals surface area contributed by atoms with Gasteiger partial charge >= 0.3 is 5.97 Å². The molecule has 0 heterocycles. The van der Waals surface area contributed by atoms with E-state index in [0.29, 0.717) is 24.8 Å². The molecule has 22 N–H and O–H groups in total. The standard InChI is InChI=1S/C62H102N14O15/c1-34(2)25-41(56(66)87)32-52(82)47(26-35(3)4)76-58(89)39(11-7-8-22-63)30-49(79)45(13-10-24-72-62(69)70)74-60(91)42(29-38-14-17-43(77)18-15-38)33-51(81)46(19-21-54(65)84)75-59(90)40(16-20-53(64)83)31-50(80)44(12-9-23-71-61(67)68)73-57(88)37(6)27-48(78)36(5)28-55(85)86/h14-15,17-18,34-37,39-42,44-47,77H,7-13,16,19-33,63H2,1-6H3,(H2,64,83)(H2,65,84)(H2,66,87)(H,73,88)(H,74,91)(H,75,90)(H,76,89)(H,85,86)(H4,67,68,71)(H4,69,70,72)/t36-,37+,39+,40+,41+,42+,44-,45-,46-,47-/m0/s1. The first kappa shape index (κ1) is 80.6. The van der Waals surface area contributed by atoms with Crippen molar-refractivity contribution in [1.29, 1.82) is 0 Å². The van der Waals surface area contributed by atoms with Crippen molar-refractivity contribution in [3.63, 3.8) is 0 Å². The quantitative estimate of drug-likeness (QED) is 0.0236. The average molecular weight is 1280 g/mol. The lowest BCUT2D eigenvalue weighted by Gasteiger charge is -2.27. The first-order valence-corrected chi connectivity index (χ1v) is 31.2. The number of carboxylic acid groups (broad SMARTS) is 1. The van der Waals surface area contributed by atoms with E-state index < -0.39 is 181 Å². The number of nitrogens with one attached hydrogen (secondary N) is 4. The number of phenols is 1. The Morgan fingerprint density at radius 3 is 1.31 bits per heavy atom. The maximum absolute atomic E-state index is 14.9. The number of Topliss-reactive ketones (excluding diaryl/α,β-unsaturated/α-hetero) is 5. The largest absolute Gasteiger partial charge is 0.508 e. The minimum atomic E-state index is -1.58. The number of ketones is 5. The van der Waals surface area contributed by atoms with E-state index in [0.717, 1.165) is 0 Å². The smallest absolute Gasteiger partial charge is 0.304 e. The summed E-state index contributed by atoms with van der Waals surface area (Å²) >= 11 is 0. The van der Waals surface area contributed by atoms with Crippen LogP contribution in [0.5, 0.6) is 5.75 Å². The Labute approximate surface area is 532 Å². The summed E-state index contributed by atoms with van der Waals surface area (Å²) in [6, 6.07) is 0.396. The van der Waals surface area contributed by atoms with E-state index in [-0.39, 0.29) is 113 Å². The first-order valence-electron chi connectivity index (χ1n) is 31.2. The fraction of sp³-hybridized carbons (Fsp3) is 0.661. The number of nitrogens with two attached hydrogens (primary N) is 8. The SMILES string of the molecule is CC(C)C[C@H](CC(=O)[C@H](CC(C)C)NC(=O)[C@H](CCCCN)CC(=O)[C@H](CCCN=C(N)N)NC(=O)[C@@H](CC(=O)[C@H](CCC(N)=O)NC(=O)[C@H](CCC(N)=O)CC(=O)[C@H](CCCN=C(N)N)NC(=O)[C@H](C)CC(=O)[C@@H](C)CC(=O)O)Cc1ccc(O)cc1)C(N)=O. The fourth-order valence-electron chi connectivity index (χ4n) is 10.2. The molecule has 29 heteroatoms. The number of aliphatic carboxylic acids is 1. The molecule has 1 rings (SSSR count). The number of phenolic OH excluding ortho intramolecular Hbond substituents is 1. The second kappa shape index (κ2) is 42.6. The van der Waals surface area contributed by atoms with Gasteiger partial charge in [0.15, 0.2) is 35.1 Å². The number of hydrogen-bond donors (Lipinski definition) is 14. The van der Waals surface area contributed by atoms with Gasteiger partial charge in [0, 0.05) is 93.5 Å². The van der Waals surface area contributed by atoms with Gasteiger partial charge in [-0.05, 0) is 107 Å². The second-order valence-electron chi connectivity index (χ2n) is 24.5. The molecule has 0 spiro atoms. The van der Waals surface area contributed by atoms with Gasteiger partial charge in [0.2, 0.25) is 41.4 Å². The molecule has 0 aromatic heterocycles. The Balaban J connectivity index is 3.86. The minimum Gasteiger partial charge on any atom is -0.508 e. The van der Waals surface area contributed by atoms with Crippen molar-refractivity contribution in [3.8, 4) is 5.75 Å². The number of guanidine groups is 2. The number of carbonyl (C=O) groups excluding carboxylic acids is 12. The molecule has 1 aromatic rings. The fourth-order valence-corrected chi connectivity index (χ4v) is 10.2. The molecule has 1 aromatic carbocycles. The highest BCUT2D eigenvalue weighted by Crippen LogP contribution is 2.25. The summed E-state index contributed by atoms with van der Waals surface area (Å²) in [5.74, 6) is -17.0. The van der Waals surface area contributed by atoms with E-state index in [1.807, 2.05) is 27.7 Å². The number of carbonyl (C=O) groups is 13. The zero-order chi connectivity index (χ0) is 69.1. The van der Waals surface area contributed by atoms with Crippen molar-refractivity contribution in [2.75, 3.05) is 19.6 Å². The van der Waals surface area contributed by atoms with Crippen molar-refractivity contribution in [2.24, 2.45) is 103 Å². The van der Waals surface area contributed by atoms with Gasteiger partial charge in [0.25, 0.3) is 0 Å². The maximum Gasteiger partial charge on any atom is 0.304 e. The first-order chi connectivity index (χ1) is 42.6. The molecule has 10 atom stereocenters. The van der Waals surface area contributed by atoms with Crippen LogP contribution in [0.2, 0.25) is 0 Å². The van der Waals surface area contributed by atoms with Gasteiger partial charge in [-0.25, -0.2) is 0 Å². The van der Waals surface area contributed by atoms with Crippen molar-refractivity contribution in [1.82, 2.24) is 21.3 Å². The Morgan fingerprint density at radius 1 is 0.440 bits per heavy atom. The van der Waals surface area contributed by atoms with Crippen molar-refractivity contribution in [3.05, 3.63) is 29.8 Å². The molecule has 29 nitrogen and oxygen atoms in total. The zero-order valence-electron chi connectivity index (χ0n) is 53.7. The molecule has 0 aliphatic carbocycles. The summed E-state index contributed by atoms with van der Waals surface area (Å²) in [4.78, 5) is 184. The maximum atomic E-state index is 14.9. The molecule has 0 bridgehead atoms. The van der Waals surface area contributed by atoms with Crippen LogP contribution in [0.25, 0.3) is 0 Å². The molecule has 0 aliphatic heterocycles. The molecule has 0 fully saturated rings. The van der Waals surface area contributed by atoms with Crippen molar-refractivity contribution in [2.45, 2.75) is 194 Å². The number of hydrogen-bond acceptors (Lipinski definition) is 17. The summed E-state index contributed by atoms with van der Waals surface area (Å²) in [5, 5.41) is 30.1. The van der Waals surface area contributed by atoms with E-state index in [1.165, 1.54) is 38.1 Å². The molecule has 0 radical (unpaired) electrons. The number of primary amides is 3. The van der Waals surface area contributed by atoms with Crippen molar-refractivity contribution < 1.29 is 72.5 Å². The van der Waals surface area contributed by atoms with Gasteiger partial charge in [-0.15, -0.1) is 0 Å². The molecule has 7 amide bonds. The Bertz CT molecular complexity index is 2680. The molecule has 510 valence electrons. The average Bonchev–Trinajstić information content (AvgIpc) is 2.63. The van der Waals surface area contributed by atoms with Crippen LogP contribution in [-0.4, -0.2) is 142 Å². The summed E-state index contributed by atoms with van der Waals surface area (Å²) in [6.45, 7) is 10.6. The van der Waals surface area contributed by atoms with Crippen LogP contribution in [-0.2, 0) is 68.7 Å². The van der Waals surface area contributed by atoms with Crippen LogP contribution in [0.15, 0.2) is 34.3 Å². The number of benzene rings is 1. The normalized spacial score (nSPS) is 14.5. The molecule has 91 heavy (non-hydrogen) atoms. The third-order valence-electron chi connectivity index (χ3n) is 15.3.